The van der Waals surface area contributed by atoms with E-state index in [1.54, 1.807) is 25.3 Å². The van der Waals surface area contributed by atoms with Gasteiger partial charge in [0.1, 0.15) is 15.7 Å². The van der Waals surface area contributed by atoms with Gasteiger partial charge in [-0.2, -0.15) is 0 Å². The molecule has 0 spiro atoms. The van der Waals surface area contributed by atoms with Gasteiger partial charge in [-0.15, -0.1) is 11.3 Å². The maximum Gasteiger partial charge on any atom is 0.281 e. The number of hydrogen-bond acceptors (Lipinski definition) is 4. The van der Waals surface area contributed by atoms with Gasteiger partial charge in [0.15, 0.2) is 0 Å². The van der Waals surface area contributed by atoms with Gasteiger partial charge in [-0.3, -0.25) is 20.4 Å². The van der Waals surface area contributed by atoms with Gasteiger partial charge < -0.3 is 4.98 Å². The minimum absolute atomic E-state index is 0.338. The first-order valence-electron chi connectivity index (χ1n) is 8.43. The molecule has 28 heavy (non-hydrogen) atoms. The van der Waals surface area contributed by atoms with Crippen molar-refractivity contribution in [1.82, 2.24) is 20.8 Å². The molecule has 2 amide bonds. The van der Waals surface area contributed by atoms with Crippen molar-refractivity contribution in [2.45, 2.75) is 6.92 Å². The Kier molecular flexibility index (Phi) is 4.62. The normalized spacial score (nSPS) is 10.8. The van der Waals surface area contributed by atoms with E-state index in [1.807, 2.05) is 24.3 Å². The second-order valence-electron chi connectivity index (χ2n) is 6.10. The minimum Gasteiger partial charge on any atom is -0.360 e. The van der Waals surface area contributed by atoms with Gasteiger partial charge in [-0.25, -0.2) is 9.37 Å². The van der Waals surface area contributed by atoms with Crippen LogP contribution in [0.5, 0.6) is 0 Å². The van der Waals surface area contributed by atoms with Gasteiger partial charge in [-0.1, -0.05) is 18.2 Å². The van der Waals surface area contributed by atoms with Crippen LogP contribution in [-0.4, -0.2) is 21.8 Å². The van der Waals surface area contributed by atoms with Crippen LogP contribution in [-0.2, 0) is 0 Å². The van der Waals surface area contributed by atoms with Gasteiger partial charge >= 0.3 is 0 Å². The fourth-order valence-electron chi connectivity index (χ4n) is 2.82. The summed E-state index contributed by atoms with van der Waals surface area (Å²) in [6, 6.07) is 13.3. The van der Waals surface area contributed by atoms with Crippen LogP contribution in [0.1, 0.15) is 25.7 Å². The first-order chi connectivity index (χ1) is 13.5. The molecule has 0 unspecified atom stereocenters. The van der Waals surface area contributed by atoms with E-state index < -0.39 is 11.8 Å². The van der Waals surface area contributed by atoms with Crippen LogP contribution in [0.15, 0.2) is 54.7 Å². The number of nitrogens with zero attached hydrogens (tertiary/aromatic N) is 1. The third-order valence-electron chi connectivity index (χ3n) is 4.22. The molecule has 3 N–H and O–H groups in total. The number of halogens is 1. The van der Waals surface area contributed by atoms with Gasteiger partial charge in [0.05, 0.1) is 11.3 Å². The number of aromatic amines is 1. The predicted molar refractivity (Wildman–Crippen MR) is 105 cm³/mol. The zero-order valence-corrected chi connectivity index (χ0v) is 15.6. The first-order valence-corrected chi connectivity index (χ1v) is 9.25. The second-order valence-corrected chi connectivity index (χ2v) is 7.10. The van der Waals surface area contributed by atoms with E-state index in [2.05, 4.69) is 20.8 Å². The number of aryl methyl sites for hydroxylation is 1. The van der Waals surface area contributed by atoms with E-state index in [0.29, 0.717) is 21.1 Å². The average Bonchev–Trinajstić information content (AvgIpc) is 3.30. The summed E-state index contributed by atoms with van der Waals surface area (Å²) in [5.41, 5.74) is 7.37. The lowest BCUT2D eigenvalue weighted by Gasteiger charge is -2.05. The third kappa shape index (κ3) is 3.37. The van der Waals surface area contributed by atoms with E-state index >= 15 is 0 Å². The highest BCUT2D eigenvalue weighted by atomic mass is 32.1. The van der Waals surface area contributed by atoms with E-state index in [-0.39, 0.29) is 5.82 Å². The summed E-state index contributed by atoms with van der Waals surface area (Å²) in [6.07, 6.45) is 1.59. The Bertz CT molecular complexity index is 1180. The highest BCUT2D eigenvalue weighted by Gasteiger charge is 2.18. The van der Waals surface area contributed by atoms with Crippen molar-refractivity contribution >= 4 is 34.1 Å². The van der Waals surface area contributed by atoms with Gasteiger partial charge in [0.2, 0.25) is 0 Å². The zero-order chi connectivity index (χ0) is 19.7. The van der Waals surface area contributed by atoms with Crippen LogP contribution in [0.3, 0.4) is 0 Å². The molecule has 0 fully saturated rings. The molecule has 8 heteroatoms. The summed E-state index contributed by atoms with van der Waals surface area (Å²) < 4.78 is 13.1. The SMILES string of the molecule is Cc1nc(-c2ccc(F)cc2)sc1C(=O)NNC(=O)c1c[nH]c2ccccc12. The van der Waals surface area contributed by atoms with Crippen molar-refractivity contribution in [3.8, 4) is 10.6 Å². The Morgan fingerprint density at radius 2 is 1.75 bits per heavy atom. The first kappa shape index (κ1) is 17.9. The zero-order valence-electron chi connectivity index (χ0n) is 14.7. The number of hydrazine groups is 1. The molecule has 0 atom stereocenters. The van der Waals surface area contributed by atoms with Crippen LogP contribution in [0.2, 0.25) is 0 Å². The number of rotatable bonds is 3. The number of para-hydroxylation sites is 1. The lowest BCUT2D eigenvalue weighted by molar-refractivity contribution is 0.0849. The van der Waals surface area contributed by atoms with Crippen LogP contribution >= 0.6 is 11.3 Å². The standard InChI is InChI=1S/C20H15FN4O2S/c1-11-17(28-20(23-11)12-6-8-13(21)9-7-12)19(27)25-24-18(26)15-10-22-16-5-3-2-4-14(15)16/h2-10,22H,1H3,(H,24,26)(H,25,27). The molecular formula is C20H15FN4O2S. The van der Waals surface area contributed by atoms with Gasteiger partial charge in [-0.05, 0) is 37.3 Å². The number of H-pyrrole nitrogens is 1. The molecule has 2 aromatic heterocycles. The molecule has 0 bridgehead atoms. The highest BCUT2D eigenvalue weighted by molar-refractivity contribution is 7.17. The highest BCUT2D eigenvalue weighted by Crippen LogP contribution is 2.28. The smallest absolute Gasteiger partial charge is 0.281 e. The van der Waals surface area contributed by atoms with E-state index in [1.165, 1.54) is 23.5 Å². The fraction of sp³-hybridized carbons (Fsp3) is 0.0500. The van der Waals surface area contributed by atoms with Crippen molar-refractivity contribution < 1.29 is 14.0 Å². The quantitative estimate of drug-likeness (QED) is 0.462. The molecule has 4 aromatic rings. The molecule has 2 aromatic carbocycles. The molecular weight excluding hydrogens is 379 g/mol. The Morgan fingerprint density at radius 1 is 1.04 bits per heavy atom. The number of carbonyl (C=O) groups excluding carboxylic acids is 2. The summed E-state index contributed by atoms with van der Waals surface area (Å²) >= 11 is 1.18. The van der Waals surface area contributed by atoms with E-state index in [4.69, 9.17) is 0 Å². The summed E-state index contributed by atoms with van der Waals surface area (Å²) in [6.45, 7) is 1.71. The molecule has 140 valence electrons. The number of fused-ring (bicyclic) bond motifs is 1. The summed E-state index contributed by atoms with van der Waals surface area (Å²) in [4.78, 5) is 32.6. The molecule has 0 aliphatic rings. The molecule has 0 aliphatic heterocycles. The van der Waals surface area contributed by atoms with E-state index in [9.17, 15) is 14.0 Å². The number of aromatic nitrogens is 2. The van der Waals surface area contributed by atoms with Crippen molar-refractivity contribution in [2.75, 3.05) is 0 Å². The summed E-state index contributed by atoms with van der Waals surface area (Å²) in [5, 5.41) is 1.37. The Labute approximate surface area is 163 Å². The topological polar surface area (TPSA) is 86.9 Å². The molecule has 2 heterocycles. The third-order valence-corrected chi connectivity index (χ3v) is 5.42. The molecule has 0 saturated heterocycles. The van der Waals surface area contributed by atoms with Crippen LogP contribution in [0, 0.1) is 12.7 Å². The second kappa shape index (κ2) is 7.24. The molecule has 4 rings (SSSR count). The number of thiazole rings is 1. The van der Waals surface area contributed by atoms with Crippen LogP contribution in [0.4, 0.5) is 4.39 Å². The Morgan fingerprint density at radius 3 is 2.54 bits per heavy atom. The lowest BCUT2D eigenvalue weighted by Crippen LogP contribution is -2.41. The maximum atomic E-state index is 13.1. The average molecular weight is 394 g/mol. The van der Waals surface area contributed by atoms with Crippen molar-refractivity contribution in [3.05, 3.63) is 76.7 Å². The molecule has 6 nitrogen and oxygen atoms in total. The molecule has 0 aliphatic carbocycles. The number of nitrogens with one attached hydrogen (secondary N) is 3. The fourth-order valence-corrected chi connectivity index (χ4v) is 3.79. The Balaban J connectivity index is 1.48. The van der Waals surface area contributed by atoms with Crippen LogP contribution < -0.4 is 10.9 Å². The lowest BCUT2D eigenvalue weighted by atomic mass is 10.2. The van der Waals surface area contributed by atoms with Crippen molar-refractivity contribution in [1.29, 1.82) is 0 Å². The summed E-state index contributed by atoms with van der Waals surface area (Å²) in [5.74, 6) is -1.22. The number of amides is 2. The number of benzene rings is 2. The van der Waals surface area contributed by atoms with Crippen molar-refractivity contribution in [3.63, 3.8) is 0 Å². The van der Waals surface area contributed by atoms with Crippen LogP contribution in [0.25, 0.3) is 21.5 Å². The van der Waals surface area contributed by atoms with Gasteiger partial charge in [0.25, 0.3) is 11.8 Å². The molecule has 0 radical (unpaired) electrons. The minimum atomic E-state index is -0.462. The number of carbonyl (C=O) groups is 2. The van der Waals surface area contributed by atoms with Gasteiger partial charge in [0, 0.05) is 22.7 Å². The summed E-state index contributed by atoms with van der Waals surface area (Å²) in [7, 11) is 0. The van der Waals surface area contributed by atoms with E-state index in [0.717, 1.165) is 16.5 Å². The monoisotopic (exact) mass is 394 g/mol. The molecule has 0 saturated carbocycles. The largest absolute Gasteiger partial charge is 0.360 e. The Hall–Kier alpha value is -3.52. The predicted octanol–water partition coefficient (Wildman–Crippen LogP) is 3.81. The maximum absolute atomic E-state index is 13.1. The van der Waals surface area contributed by atoms with Crippen molar-refractivity contribution in [2.24, 2.45) is 0 Å². The number of hydrogen-bond donors (Lipinski definition) is 3.